The molecule has 0 aromatic heterocycles. The summed E-state index contributed by atoms with van der Waals surface area (Å²) in [6, 6.07) is 4.98. The fourth-order valence-corrected chi connectivity index (χ4v) is 2.48. The molecule has 0 heterocycles. The van der Waals surface area contributed by atoms with E-state index in [0.717, 1.165) is 22.8 Å². The summed E-state index contributed by atoms with van der Waals surface area (Å²) in [6.07, 6.45) is 3.24. The number of anilines is 1. The van der Waals surface area contributed by atoms with Crippen LogP contribution in [0.15, 0.2) is 23.1 Å². The number of nitrogens with two attached hydrogens (primary N) is 1. The topological polar surface area (TPSA) is 26.0 Å². The van der Waals surface area contributed by atoms with Gasteiger partial charge in [-0.15, -0.1) is 11.8 Å². The van der Waals surface area contributed by atoms with Gasteiger partial charge >= 0.3 is 0 Å². The number of rotatable bonds is 5. The van der Waals surface area contributed by atoms with Gasteiger partial charge in [-0.3, -0.25) is 0 Å². The van der Waals surface area contributed by atoms with Gasteiger partial charge in [-0.1, -0.05) is 0 Å². The van der Waals surface area contributed by atoms with Crippen molar-refractivity contribution in [3.63, 3.8) is 0 Å². The molecule has 1 nitrogen and oxygen atoms in total. The van der Waals surface area contributed by atoms with E-state index in [9.17, 15) is 4.39 Å². The maximum absolute atomic E-state index is 13.0. The molecule has 1 aromatic carbocycles. The van der Waals surface area contributed by atoms with E-state index < -0.39 is 0 Å². The lowest BCUT2D eigenvalue weighted by Gasteiger charge is -2.02. The van der Waals surface area contributed by atoms with Gasteiger partial charge in [0.2, 0.25) is 0 Å². The second-order valence-electron chi connectivity index (χ2n) is 2.88. The lowest BCUT2D eigenvalue weighted by molar-refractivity contribution is 0.629. The zero-order valence-corrected chi connectivity index (χ0v) is 9.76. The van der Waals surface area contributed by atoms with Gasteiger partial charge in [0.15, 0.2) is 0 Å². The average molecular weight is 231 g/mol. The van der Waals surface area contributed by atoms with Crippen molar-refractivity contribution in [2.75, 3.05) is 23.5 Å². The lowest BCUT2D eigenvalue weighted by Crippen LogP contribution is -1.90. The molecule has 78 valence electrons. The Morgan fingerprint density at radius 3 is 2.79 bits per heavy atom. The van der Waals surface area contributed by atoms with Crippen molar-refractivity contribution in [2.45, 2.75) is 11.3 Å². The van der Waals surface area contributed by atoms with Gasteiger partial charge < -0.3 is 5.73 Å². The first kappa shape index (κ1) is 11.7. The Kier molecular flexibility index (Phi) is 5.19. The van der Waals surface area contributed by atoms with Gasteiger partial charge in [-0.2, -0.15) is 11.8 Å². The van der Waals surface area contributed by atoms with Crippen LogP contribution in [0.3, 0.4) is 0 Å². The largest absolute Gasteiger partial charge is 0.396 e. The summed E-state index contributed by atoms with van der Waals surface area (Å²) in [7, 11) is 0. The lowest BCUT2D eigenvalue weighted by atomic mass is 10.3. The Balaban J connectivity index is 2.39. The van der Waals surface area contributed by atoms with E-state index in [1.165, 1.54) is 6.07 Å². The first-order chi connectivity index (χ1) is 6.74. The maximum atomic E-state index is 13.0. The summed E-state index contributed by atoms with van der Waals surface area (Å²) in [4.78, 5) is 0.956. The molecular formula is C10H14FNS2. The SMILES string of the molecule is CSCCCSc1ccc(N)c(F)c1. The van der Waals surface area contributed by atoms with Crippen LogP contribution in [0.4, 0.5) is 10.1 Å². The molecule has 0 fully saturated rings. The maximum Gasteiger partial charge on any atom is 0.147 e. The molecule has 1 rings (SSSR count). The predicted octanol–water partition coefficient (Wildman–Crippen LogP) is 3.25. The van der Waals surface area contributed by atoms with Crippen LogP contribution in [0, 0.1) is 5.82 Å². The van der Waals surface area contributed by atoms with E-state index in [4.69, 9.17) is 5.73 Å². The fourth-order valence-electron chi connectivity index (χ4n) is 0.991. The minimum atomic E-state index is -0.320. The molecule has 0 unspecified atom stereocenters. The van der Waals surface area contributed by atoms with Crippen molar-refractivity contribution >= 4 is 29.2 Å². The van der Waals surface area contributed by atoms with Crippen molar-refractivity contribution < 1.29 is 4.39 Å². The molecule has 0 aliphatic rings. The Bertz CT molecular complexity index is 291. The number of benzene rings is 1. The van der Waals surface area contributed by atoms with E-state index in [0.29, 0.717) is 0 Å². The van der Waals surface area contributed by atoms with Crippen LogP contribution in [0.25, 0.3) is 0 Å². The Hall–Kier alpha value is -0.350. The van der Waals surface area contributed by atoms with Crippen LogP contribution in [0.5, 0.6) is 0 Å². The molecule has 0 bridgehead atoms. The molecule has 0 saturated carbocycles. The summed E-state index contributed by atoms with van der Waals surface area (Å²) < 4.78 is 13.0. The van der Waals surface area contributed by atoms with Crippen LogP contribution < -0.4 is 5.73 Å². The standard InChI is InChI=1S/C10H14FNS2/c1-13-5-2-6-14-8-3-4-10(12)9(11)7-8/h3-4,7H,2,5-6,12H2,1H3. The Labute approximate surface area is 92.6 Å². The number of hydrogen-bond acceptors (Lipinski definition) is 3. The summed E-state index contributed by atoms with van der Waals surface area (Å²) in [5.41, 5.74) is 5.60. The van der Waals surface area contributed by atoms with E-state index in [2.05, 4.69) is 6.26 Å². The number of halogens is 1. The van der Waals surface area contributed by atoms with Gasteiger partial charge in [0, 0.05) is 4.90 Å². The molecule has 14 heavy (non-hydrogen) atoms. The van der Waals surface area contributed by atoms with E-state index in [-0.39, 0.29) is 11.5 Å². The van der Waals surface area contributed by atoms with Crippen LogP contribution in [-0.4, -0.2) is 17.8 Å². The molecule has 1 aromatic rings. The quantitative estimate of drug-likeness (QED) is 0.478. The monoisotopic (exact) mass is 231 g/mol. The van der Waals surface area contributed by atoms with Crippen LogP contribution in [-0.2, 0) is 0 Å². The minimum Gasteiger partial charge on any atom is -0.396 e. The summed E-state index contributed by atoms with van der Waals surface area (Å²) >= 11 is 3.51. The smallest absolute Gasteiger partial charge is 0.147 e. The Morgan fingerprint density at radius 1 is 1.36 bits per heavy atom. The predicted molar refractivity (Wildman–Crippen MR) is 64.5 cm³/mol. The highest BCUT2D eigenvalue weighted by molar-refractivity contribution is 7.99. The normalized spacial score (nSPS) is 10.4. The third-order valence-electron chi connectivity index (χ3n) is 1.73. The van der Waals surface area contributed by atoms with Crippen molar-refractivity contribution in [1.82, 2.24) is 0 Å². The number of thioether (sulfide) groups is 2. The summed E-state index contributed by atoms with van der Waals surface area (Å²) in [5, 5.41) is 0. The van der Waals surface area contributed by atoms with E-state index in [1.54, 1.807) is 17.8 Å². The minimum absolute atomic E-state index is 0.221. The highest BCUT2D eigenvalue weighted by atomic mass is 32.2. The zero-order valence-electron chi connectivity index (χ0n) is 8.13. The van der Waals surface area contributed by atoms with Gasteiger partial charge in [0.1, 0.15) is 5.82 Å². The van der Waals surface area contributed by atoms with Crippen LogP contribution >= 0.6 is 23.5 Å². The fraction of sp³-hybridized carbons (Fsp3) is 0.400. The van der Waals surface area contributed by atoms with Crippen molar-refractivity contribution in [3.05, 3.63) is 24.0 Å². The number of nitrogen functional groups attached to an aromatic ring is 1. The highest BCUT2D eigenvalue weighted by Gasteiger charge is 1.99. The average Bonchev–Trinajstić information content (AvgIpc) is 2.18. The van der Waals surface area contributed by atoms with E-state index in [1.807, 2.05) is 17.8 Å². The number of hydrogen-bond donors (Lipinski definition) is 1. The van der Waals surface area contributed by atoms with E-state index >= 15 is 0 Å². The second-order valence-corrected chi connectivity index (χ2v) is 5.03. The van der Waals surface area contributed by atoms with Gasteiger partial charge in [0.25, 0.3) is 0 Å². The third kappa shape index (κ3) is 3.80. The first-order valence-corrected chi connectivity index (χ1v) is 6.78. The molecular weight excluding hydrogens is 217 g/mol. The van der Waals surface area contributed by atoms with Crippen LogP contribution in [0.2, 0.25) is 0 Å². The zero-order chi connectivity index (χ0) is 10.4. The molecule has 2 N–H and O–H groups in total. The summed E-state index contributed by atoms with van der Waals surface area (Å²) in [6.45, 7) is 0. The highest BCUT2D eigenvalue weighted by Crippen LogP contribution is 2.22. The van der Waals surface area contributed by atoms with Crippen molar-refractivity contribution in [2.24, 2.45) is 0 Å². The molecule has 0 atom stereocenters. The van der Waals surface area contributed by atoms with Gasteiger partial charge in [-0.05, 0) is 42.4 Å². The second kappa shape index (κ2) is 6.19. The third-order valence-corrected chi connectivity index (χ3v) is 3.51. The molecule has 0 aliphatic heterocycles. The Morgan fingerprint density at radius 2 is 2.14 bits per heavy atom. The molecule has 0 radical (unpaired) electrons. The van der Waals surface area contributed by atoms with Gasteiger partial charge in [0.05, 0.1) is 5.69 Å². The van der Waals surface area contributed by atoms with Crippen molar-refractivity contribution in [3.8, 4) is 0 Å². The summed E-state index contributed by atoms with van der Waals surface area (Å²) in [5.74, 6) is 1.87. The molecule has 0 aliphatic carbocycles. The first-order valence-electron chi connectivity index (χ1n) is 4.41. The van der Waals surface area contributed by atoms with Crippen LogP contribution in [0.1, 0.15) is 6.42 Å². The molecule has 4 heteroatoms. The van der Waals surface area contributed by atoms with Crippen molar-refractivity contribution in [1.29, 1.82) is 0 Å². The molecule has 0 spiro atoms. The van der Waals surface area contributed by atoms with Gasteiger partial charge in [-0.25, -0.2) is 4.39 Å². The molecule has 0 amide bonds. The molecule has 0 saturated heterocycles.